The fourth-order valence-corrected chi connectivity index (χ4v) is 6.18. The van der Waals surface area contributed by atoms with E-state index in [-0.39, 0.29) is 22.8 Å². The maximum Gasteiger partial charge on any atom is 0.178 e. The number of nitrogens with zero attached hydrogens (tertiary/aromatic N) is 1. The molecule has 5 nitrogen and oxygen atoms in total. The van der Waals surface area contributed by atoms with Crippen LogP contribution in [-0.4, -0.2) is 28.5 Å². The van der Waals surface area contributed by atoms with E-state index in [1.807, 2.05) is 62.4 Å². The Hall–Kier alpha value is -4.25. The Balaban J connectivity index is 1.69. The summed E-state index contributed by atoms with van der Waals surface area (Å²) in [6.45, 7) is 8.71. The van der Waals surface area contributed by atoms with Gasteiger partial charge in [0.05, 0.1) is 12.3 Å². The van der Waals surface area contributed by atoms with Gasteiger partial charge in [-0.25, -0.2) is 0 Å². The third-order valence-electron chi connectivity index (χ3n) is 7.87. The van der Waals surface area contributed by atoms with Gasteiger partial charge in [0, 0.05) is 40.1 Å². The number of aryl methyl sites for hydroxylation is 1. The largest absolute Gasteiger partial charge is 0.494 e. The highest BCUT2D eigenvalue weighted by Gasteiger charge is 2.47. The Kier molecular flexibility index (Phi) is 5.91. The Morgan fingerprint density at radius 2 is 1.46 bits per heavy atom. The minimum absolute atomic E-state index is 0.0224. The fourth-order valence-electron chi connectivity index (χ4n) is 6.18. The van der Waals surface area contributed by atoms with E-state index in [9.17, 15) is 14.4 Å². The molecular formula is C34H31NO4. The molecular weight excluding hydrogens is 486 g/mol. The number of carbonyl (C=O) groups excluding carboxylic acids is 3. The summed E-state index contributed by atoms with van der Waals surface area (Å²) in [5.74, 6) is -0.804. The van der Waals surface area contributed by atoms with E-state index in [0.717, 1.165) is 34.0 Å². The van der Waals surface area contributed by atoms with Crippen molar-refractivity contribution in [3.63, 3.8) is 0 Å². The second-order valence-corrected chi connectivity index (χ2v) is 11.4. The lowest BCUT2D eigenvalue weighted by Crippen LogP contribution is -2.29. The summed E-state index contributed by atoms with van der Waals surface area (Å²) >= 11 is 0. The van der Waals surface area contributed by atoms with Gasteiger partial charge in [-0.3, -0.25) is 14.4 Å². The van der Waals surface area contributed by atoms with Crippen LogP contribution in [0.15, 0.2) is 72.8 Å². The lowest BCUT2D eigenvalue weighted by molar-refractivity contribution is 0.0888. The van der Waals surface area contributed by atoms with Crippen molar-refractivity contribution in [3.8, 4) is 22.7 Å². The summed E-state index contributed by atoms with van der Waals surface area (Å²) in [6.07, 6.45) is 0.998. The second-order valence-electron chi connectivity index (χ2n) is 11.4. The van der Waals surface area contributed by atoms with Crippen LogP contribution in [0.3, 0.4) is 0 Å². The SMILES string of the molecule is CCOc1ccc(-n2c3c(c(C4C(=O)c5ccccc5C4=O)c2-c2ccc(C)cc2)C(=O)CC(C)(C)C3)cc1. The van der Waals surface area contributed by atoms with Gasteiger partial charge in [0.1, 0.15) is 11.7 Å². The normalized spacial score (nSPS) is 16.4. The van der Waals surface area contributed by atoms with Crippen LogP contribution >= 0.6 is 0 Å². The van der Waals surface area contributed by atoms with Gasteiger partial charge in [0.2, 0.25) is 0 Å². The minimum Gasteiger partial charge on any atom is -0.494 e. The summed E-state index contributed by atoms with van der Waals surface area (Å²) in [4.78, 5) is 41.7. The molecule has 1 aromatic heterocycles. The van der Waals surface area contributed by atoms with Gasteiger partial charge in [-0.15, -0.1) is 0 Å². The summed E-state index contributed by atoms with van der Waals surface area (Å²) in [6, 6.07) is 22.8. The molecule has 4 aromatic rings. The van der Waals surface area contributed by atoms with Crippen LogP contribution in [-0.2, 0) is 6.42 Å². The van der Waals surface area contributed by atoms with E-state index in [1.54, 1.807) is 24.3 Å². The fraction of sp³-hybridized carbons (Fsp3) is 0.265. The van der Waals surface area contributed by atoms with Gasteiger partial charge in [-0.05, 0) is 55.5 Å². The van der Waals surface area contributed by atoms with Crippen molar-refractivity contribution in [3.05, 3.63) is 106 Å². The maximum atomic E-state index is 13.9. The third-order valence-corrected chi connectivity index (χ3v) is 7.87. The van der Waals surface area contributed by atoms with Gasteiger partial charge >= 0.3 is 0 Å². The van der Waals surface area contributed by atoms with E-state index < -0.39 is 5.92 Å². The highest BCUT2D eigenvalue weighted by atomic mass is 16.5. The predicted molar refractivity (Wildman–Crippen MR) is 151 cm³/mol. The van der Waals surface area contributed by atoms with Crippen LogP contribution in [0.25, 0.3) is 16.9 Å². The molecule has 6 rings (SSSR count). The number of fused-ring (bicyclic) bond motifs is 2. The number of ether oxygens (including phenoxy) is 1. The Morgan fingerprint density at radius 3 is 2.05 bits per heavy atom. The van der Waals surface area contributed by atoms with Crippen molar-refractivity contribution in [2.45, 2.75) is 46.5 Å². The van der Waals surface area contributed by atoms with Crippen LogP contribution in [0.4, 0.5) is 0 Å². The lowest BCUT2D eigenvalue weighted by Gasteiger charge is -2.30. The Labute approximate surface area is 228 Å². The zero-order chi connectivity index (χ0) is 27.5. The monoisotopic (exact) mass is 517 g/mol. The molecule has 0 spiro atoms. The molecule has 0 saturated carbocycles. The first-order chi connectivity index (χ1) is 18.7. The number of benzene rings is 3. The zero-order valence-electron chi connectivity index (χ0n) is 22.7. The van der Waals surface area contributed by atoms with Crippen molar-refractivity contribution >= 4 is 17.3 Å². The molecule has 0 unspecified atom stereocenters. The maximum absolute atomic E-state index is 13.9. The third kappa shape index (κ3) is 4.04. The van der Waals surface area contributed by atoms with Crippen LogP contribution < -0.4 is 4.74 Å². The van der Waals surface area contributed by atoms with Crippen molar-refractivity contribution in [1.29, 1.82) is 0 Å². The van der Waals surface area contributed by atoms with E-state index >= 15 is 0 Å². The average molecular weight is 518 g/mol. The van der Waals surface area contributed by atoms with Crippen molar-refractivity contribution in [2.24, 2.45) is 5.41 Å². The lowest BCUT2D eigenvalue weighted by atomic mass is 9.74. The molecule has 0 atom stereocenters. The summed E-state index contributed by atoms with van der Waals surface area (Å²) < 4.78 is 7.79. The average Bonchev–Trinajstić information content (AvgIpc) is 3.36. The van der Waals surface area contributed by atoms with Gasteiger partial charge < -0.3 is 9.30 Å². The first-order valence-corrected chi connectivity index (χ1v) is 13.5. The summed E-state index contributed by atoms with van der Waals surface area (Å²) in [5, 5.41) is 0. The number of Topliss-reactive ketones (excluding diaryl/α,β-unsaturated/α-hetero) is 3. The smallest absolute Gasteiger partial charge is 0.178 e. The molecule has 0 bridgehead atoms. The number of rotatable bonds is 5. The van der Waals surface area contributed by atoms with Crippen molar-refractivity contribution in [2.75, 3.05) is 6.61 Å². The molecule has 0 amide bonds. The van der Waals surface area contributed by atoms with Gasteiger partial charge in [0.25, 0.3) is 0 Å². The molecule has 5 heteroatoms. The number of carbonyl (C=O) groups is 3. The number of hydrogen-bond donors (Lipinski definition) is 0. The molecule has 0 saturated heterocycles. The number of aromatic nitrogens is 1. The van der Waals surface area contributed by atoms with Crippen molar-refractivity contribution in [1.82, 2.24) is 4.57 Å². The Bertz CT molecular complexity index is 1600. The molecule has 1 heterocycles. The molecule has 3 aromatic carbocycles. The van der Waals surface area contributed by atoms with Crippen LogP contribution in [0, 0.1) is 12.3 Å². The van der Waals surface area contributed by atoms with Crippen LogP contribution in [0.1, 0.15) is 81.0 Å². The minimum atomic E-state index is -1.05. The van der Waals surface area contributed by atoms with E-state index in [2.05, 4.69) is 18.4 Å². The predicted octanol–water partition coefficient (Wildman–Crippen LogP) is 7.17. The molecule has 0 aliphatic heterocycles. The molecule has 0 N–H and O–H groups in total. The number of ketones is 3. The molecule has 39 heavy (non-hydrogen) atoms. The summed E-state index contributed by atoms with van der Waals surface area (Å²) in [7, 11) is 0. The van der Waals surface area contributed by atoms with Gasteiger partial charge in [-0.1, -0.05) is 67.9 Å². The van der Waals surface area contributed by atoms with E-state index in [0.29, 0.717) is 41.7 Å². The molecule has 0 radical (unpaired) electrons. The number of hydrogen-bond acceptors (Lipinski definition) is 4. The highest BCUT2D eigenvalue weighted by Crippen LogP contribution is 2.48. The second kappa shape index (κ2) is 9.19. The van der Waals surface area contributed by atoms with Crippen LogP contribution in [0.2, 0.25) is 0 Å². The van der Waals surface area contributed by atoms with E-state index in [1.165, 1.54) is 0 Å². The van der Waals surface area contributed by atoms with Crippen LogP contribution in [0.5, 0.6) is 5.75 Å². The first-order valence-electron chi connectivity index (χ1n) is 13.5. The standard InChI is InChI=1S/C34H31NO4/c1-5-39-23-16-14-22(15-17-23)35-26-18-34(3,4)19-27(36)28(26)29(31(35)21-12-10-20(2)11-13-21)30-32(37)24-8-6-7-9-25(24)33(30)38/h6-17,30H,5,18-19H2,1-4H3. The van der Waals surface area contributed by atoms with Gasteiger partial charge in [-0.2, -0.15) is 0 Å². The molecule has 196 valence electrons. The van der Waals surface area contributed by atoms with Gasteiger partial charge in [0.15, 0.2) is 17.3 Å². The summed E-state index contributed by atoms with van der Waals surface area (Å²) in [5.41, 5.74) is 6.05. The molecule has 2 aliphatic rings. The quantitative estimate of drug-likeness (QED) is 0.263. The first kappa shape index (κ1) is 25.1. The zero-order valence-corrected chi connectivity index (χ0v) is 22.7. The van der Waals surface area contributed by atoms with E-state index in [4.69, 9.17) is 4.74 Å². The molecule has 0 fully saturated rings. The Morgan fingerprint density at radius 1 is 0.846 bits per heavy atom. The highest BCUT2D eigenvalue weighted by molar-refractivity contribution is 6.31. The molecule has 2 aliphatic carbocycles. The van der Waals surface area contributed by atoms with Crippen molar-refractivity contribution < 1.29 is 19.1 Å². The topological polar surface area (TPSA) is 65.4 Å².